The van der Waals surface area contributed by atoms with E-state index in [2.05, 4.69) is 16.8 Å². The molecule has 0 fully saturated rings. The number of nitrogens with zero attached hydrogens (tertiary/aromatic N) is 3. The van der Waals surface area contributed by atoms with Crippen LogP contribution in [0.15, 0.2) is 52.6 Å². The van der Waals surface area contributed by atoms with E-state index < -0.39 is 0 Å². The van der Waals surface area contributed by atoms with Gasteiger partial charge in [-0.1, -0.05) is 17.8 Å². The number of aryl methyl sites for hydroxylation is 1. The average Bonchev–Trinajstić information content (AvgIpc) is 3.25. The minimum Gasteiger partial charge on any atom is -0.484 e. The molecule has 0 aliphatic heterocycles. The van der Waals surface area contributed by atoms with Crippen LogP contribution in [0.5, 0.6) is 5.75 Å². The van der Waals surface area contributed by atoms with Gasteiger partial charge < -0.3 is 13.7 Å². The van der Waals surface area contributed by atoms with Gasteiger partial charge in [-0.2, -0.15) is 0 Å². The fraction of sp³-hybridized carbons (Fsp3) is 0.250. The molecule has 3 aromatic rings. The molecule has 0 spiro atoms. The van der Waals surface area contributed by atoms with Gasteiger partial charge in [-0.3, -0.25) is 4.79 Å². The third-order valence-electron chi connectivity index (χ3n) is 4.14. The number of ketones is 1. The number of halogens is 1. The van der Waals surface area contributed by atoms with Gasteiger partial charge in [-0.05, 0) is 44.2 Å². The lowest BCUT2D eigenvalue weighted by molar-refractivity contribution is 0.102. The summed E-state index contributed by atoms with van der Waals surface area (Å²) in [5.41, 5.74) is 2.62. The summed E-state index contributed by atoms with van der Waals surface area (Å²) in [6.45, 7) is 8.36. The van der Waals surface area contributed by atoms with Crippen LogP contribution >= 0.6 is 11.8 Å². The first kappa shape index (κ1) is 19.9. The number of hydrogen-bond acceptors (Lipinski definition) is 6. The highest BCUT2D eigenvalue weighted by atomic mass is 32.2. The highest BCUT2D eigenvalue weighted by Gasteiger charge is 2.17. The van der Waals surface area contributed by atoms with Crippen molar-refractivity contribution in [2.45, 2.75) is 32.2 Å². The third-order valence-corrected chi connectivity index (χ3v) is 4.96. The molecule has 2 heterocycles. The molecule has 0 saturated carbocycles. The molecule has 8 heteroatoms. The maximum absolute atomic E-state index is 12.9. The summed E-state index contributed by atoms with van der Waals surface area (Å²) < 4.78 is 25.9. The monoisotopic (exact) mass is 401 g/mol. The van der Waals surface area contributed by atoms with E-state index in [4.69, 9.17) is 9.15 Å². The van der Waals surface area contributed by atoms with E-state index in [0.29, 0.717) is 23.1 Å². The minimum absolute atomic E-state index is 0.00396. The Bertz CT molecular complexity index is 979. The van der Waals surface area contributed by atoms with Crippen LogP contribution in [-0.2, 0) is 13.2 Å². The summed E-state index contributed by atoms with van der Waals surface area (Å²) in [5, 5.41) is 8.11. The first-order valence-electron chi connectivity index (χ1n) is 8.62. The van der Waals surface area contributed by atoms with Gasteiger partial charge >= 0.3 is 0 Å². The van der Waals surface area contributed by atoms with Gasteiger partial charge in [0.25, 0.3) is 11.1 Å². The van der Waals surface area contributed by atoms with Crippen LogP contribution in [0.2, 0.25) is 0 Å². The Hall–Kier alpha value is -2.87. The Balaban J connectivity index is 1.55. The van der Waals surface area contributed by atoms with Crippen molar-refractivity contribution in [2.24, 2.45) is 0 Å². The molecule has 0 atom stereocenters. The van der Waals surface area contributed by atoms with Crippen LogP contribution in [-0.4, -0.2) is 26.3 Å². The van der Waals surface area contributed by atoms with Crippen molar-refractivity contribution in [3.8, 4) is 5.75 Å². The number of Topliss-reactive ketones (excluding diaryl/α,β-unsaturated/α-hetero) is 1. The Kier molecular flexibility index (Phi) is 6.30. The molecule has 2 aromatic heterocycles. The topological polar surface area (TPSA) is 70.2 Å². The molecular weight excluding hydrogens is 381 g/mol. The second kappa shape index (κ2) is 8.88. The average molecular weight is 401 g/mol. The summed E-state index contributed by atoms with van der Waals surface area (Å²) in [4.78, 5) is 12.5. The Morgan fingerprint density at radius 1 is 1.32 bits per heavy atom. The molecule has 1 aromatic carbocycles. The normalized spacial score (nSPS) is 10.8. The number of rotatable bonds is 9. The molecule has 146 valence electrons. The Morgan fingerprint density at radius 2 is 2.07 bits per heavy atom. The van der Waals surface area contributed by atoms with Crippen molar-refractivity contribution in [2.75, 3.05) is 5.75 Å². The molecule has 6 nitrogen and oxygen atoms in total. The highest BCUT2D eigenvalue weighted by Crippen LogP contribution is 2.22. The summed E-state index contributed by atoms with van der Waals surface area (Å²) >= 11 is 1.18. The van der Waals surface area contributed by atoms with Crippen LogP contribution in [0, 0.1) is 19.7 Å². The third kappa shape index (κ3) is 4.69. The van der Waals surface area contributed by atoms with Gasteiger partial charge in [0.2, 0.25) is 0 Å². The van der Waals surface area contributed by atoms with Crippen molar-refractivity contribution >= 4 is 17.5 Å². The second-order valence-corrected chi connectivity index (χ2v) is 7.03. The largest absolute Gasteiger partial charge is 0.484 e. The maximum Gasteiger partial charge on any atom is 0.277 e. The van der Waals surface area contributed by atoms with E-state index in [1.807, 2.05) is 24.5 Å². The zero-order valence-electron chi connectivity index (χ0n) is 15.6. The lowest BCUT2D eigenvalue weighted by Gasteiger charge is -2.05. The Labute approximate surface area is 166 Å². The number of benzene rings is 1. The maximum atomic E-state index is 12.9. The number of thioether (sulfide) groups is 1. The quantitative estimate of drug-likeness (QED) is 0.301. The van der Waals surface area contributed by atoms with Crippen molar-refractivity contribution in [1.29, 1.82) is 0 Å². The van der Waals surface area contributed by atoms with E-state index in [1.54, 1.807) is 6.08 Å². The molecular formula is C20H20FN3O3S. The fourth-order valence-corrected chi connectivity index (χ4v) is 3.39. The fourth-order valence-electron chi connectivity index (χ4n) is 2.73. The summed E-state index contributed by atoms with van der Waals surface area (Å²) in [5.74, 6) is 0.635. The second-order valence-electron chi connectivity index (χ2n) is 6.10. The zero-order valence-corrected chi connectivity index (χ0v) is 16.5. The van der Waals surface area contributed by atoms with E-state index in [-0.39, 0.29) is 29.9 Å². The first-order chi connectivity index (χ1) is 13.5. The van der Waals surface area contributed by atoms with Crippen molar-refractivity contribution in [3.05, 3.63) is 71.6 Å². The number of carbonyl (C=O) groups is 1. The van der Waals surface area contributed by atoms with Crippen LogP contribution in [0.3, 0.4) is 0 Å². The molecule has 0 amide bonds. The number of aromatic nitrogens is 3. The first-order valence-corrected chi connectivity index (χ1v) is 9.61. The predicted molar refractivity (Wildman–Crippen MR) is 104 cm³/mol. The molecule has 0 aliphatic carbocycles. The predicted octanol–water partition coefficient (Wildman–Crippen LogP) is 4.37. The van der Waals surface area contributed by atoms with Crippen LogP contribution in [0.1, 0.15) is 27.6 Å². The van der Waals surface area contributed by atoms with Gasteiger partial charge in [-0.15, -0.1) is 16.8 Å². The van der Waals surface area contributed by atoms with Crippen molar-refractivity contribution in [3.63, 3.8) is 0 Å². The SMILES string of the molecule is C=CCn1c(C)cc(C(=O)CSc2nnc(COc3ccc(F)cc3)o2)c1C. The molecule has 0 unspecified atom stereocenters. The van der Waals surface area contributed by atoms with Gasteiger partial charge in [-0.25, -0.2) is 4.39 Å². The standard InChI is InChI=1S/C20H20FN3O3S/c1-4-9-24-13(2)10-17(14(24)3)18(25)12-28-20-23-22-19(27-20)11-26-16-7-5-15(21)6-8-16/h4-8,10H,1,9,11-12H2,2-3H3. The van der Waals surface area contributed by atoms with Crippen molar-refractivity contribution in [1.82, 2.24) is 14.8 Å². The van der Waals surface area contributed by atoms with Crippen LogP contribution < -0.4 is 4.74 Å². The molecule has 0 N–H and O–H groups in total. The number of ether oxygens (including phenoxy) is 1. The number of allylic oxidation sites excluding steroid dienone is 1. The van der Waals surface area contributed by atoms with Crippen LogP contribution in [0.4, 0.5) is 4.39 Å². The van der Waals surface area contributed by atoms with Gasteiger partial charge in [0, 0.05) is 23.5 Å². The van der Waals surface area contributed by atoms with E-state index in [1.165, 1.54) is 36.0 Å². The lowest BCUT2D eigenvalue weighted by atomic mass is 10.2. The van der Waals surface area contributed by atoms with E-state index >= 15 is 0 Å². The number of carbonyl (C=O) groups excluding carboxylic acids is 1. The molecule has 0 radical (unpaired) electrons. The van der Waals surface area contributed by atoms with Crippen molar-refractivity contribution < 1.29 is 18.3 Å². The minimum atomic E-state index is -0.334. The van der Waals surface area contributed by atoms with E-state index in [9.17, 15) is 9.18 Å². The zero-order chi connectivity index (χ0) is 20.1. The van der Waals surface area contributed by atoms with Gasteiger partial charge in [0.1, 0.15) is 11.6 Å². The molecule has 0 saturated heterocycles. The lowest BCUT2D eigenvalue weighted by Crippen LogP contribution is -2.06. The molecule has 0 bridgehead atoms. The number of hydrogen-bond donors (Lipinski definition) is 0. The summed E-state index contributed by atoms with van der Waals surface area (Å²) in [7, 11) is 0. The smallest absolute Gasteiger partial charge is 0.277 e. The molecule has 28 heavy (non-hydrogen) atoms. The van der Waals surface area contributed by atoms with Crippen LogP contribution in [0.25, 0.3) is 0 Å². The molecule has 3 rings (SSSR count). The van der Waals surface area contributed by atoms with Gasteiger partial charge in [0.05, 0.1) is 5.75 Å². The van der Waals surface area contributed by atoms with E-state index in [0.717, 1.165) is 11.4 Å². The summed E-state index contributed by atoms with van der Waals surface area (Å²) in [6.07, 6.45) is 1.80. The summed E-state index contributed by atoms with van der Waals surface area (Å²) in [6, 6.07) is 7.54. The molecule has 0 aliphatic rings. The Morgan fingerprint density at radius 3 is 2.79 bits per heavy atom. The highest BCUT2D eigenvalue weighted by molar-refractivity contribution is 7.99. The van der Waals surface area contributed by atoms with Gasteiger partial charge in [0.15, 0.2) is 12.4 Å².